The molecule has 4 heteroatoms. The minimum absolute atomic E-state index is 0.476. The average Bonchev–Trinajstić information content (AvgIpc) is 2.75. The Morgan fingerprint density at radius 3 is 2.36 bits per heavy atom. The molecule has 0 bridgehead atoms. The van der Waals surface area contributed by atoms with Gasteiger partial charge < -0.3 is 4.74 Å². The molecular weight excluding hydrogens is 346 g/mol. The van der Waals surface area contributed by atoms with Gasteiger partial charge in [0, 0.05) is 27.9 Å². The predicted octanol–water partition coefficient (Wildman–Crippen LogP) is 5.95. The summed E-state index contributed by atoms with van der Waals surface area (Å²) in [6.07, 6.45) is 1.76. The summed E-state index contributed by atoms with van der Waals surface area (Å²) in [6, 6.07) is 26.1. The van der Waals surface area contributed by atoms with E-state index >= 15 is 0 Å². The van der Waals surface area contributed by atoms with Crippen LogP contribution in [0.4, 0.5) is 0 Å². The van der Waals surface area contributed by atoms with E-state index in [2.05, 4.69) is 46.4 Å². The Morgan fingerprint density at radius 2 is 1.50 bits per heavy atom. The van der Waals surface area contributed by atoms with Gasteiger partial charge in [0.05, 0.1) is 0 Å². The highest BCUT2D eigenvalue weighted by atomic mass is 16.5. The lowest BCUT2D eigenvalue weighted by Crippen LogP contribution is -1.96. The molecule has 0 atom stereocenters. The second-order valence-electron chi connectivity index (χ2n) is 6.70. The number of nitrogens with zero attached hydrogens (tertiary/aromatic N) is 3. The molecule has 4 nitrogen and oxygen atoms in total. The maximum atomic E-state index is 6.18. The van der Waals surface area contributed by atoms with E-state index in [4.69, 9.17) is 4.74 Å². The number of benzene rings is 3. The fourth-order valence-corrected chi connectivity index (χ4v) is 3.34. The molecule has 0 unspecified atom stereocenters. The van der Waals surface area contributed by atoms with Gasteiger partial charge in [0.1, 0.15) is 11.2 Å². The summed E-state index contributed by atoms with van der Waals surface area (Å²) in [5.41, 5.74) is 3.90. The molecule has 0 N–H and O–H groups in total. The van der Waals surface area contributed by atoms with E-state index < -0.39 is 0 Å². The van der Waals surface area contributed by atoms with Gasteiger partial charge in [-0.1, -0.05) is 66.2 Å². The van der Waals surface area contributed by atoms with Crippen molar-refractivity contribution in [3.63, 3.8) is 0 Å². The molecule has 0 saturated carbocycles. The fraction of sp³-hybridized carbons (Fsp3) is 0.0417. The Hall–Kier alpha value is -3.79. The summed E-state index contributed by atoms with van der Waals surface area (Å²) in [5.74, 6) is 1.14. The molecule has 28 heavy (non-hydrogen) atoms. The molecule has 0 aliphatic heterocycles. The third kappa shape index (κ3) is 2.85. The molecule has 3 aromatic carbocycles. The Balaban J connectivity index is 1.65. The van der Waals surface area contributed by atoms with Crippen molar-refractivity contribution in [3.8, 4) is 22.9 Å². The fourth-order valence-electron chi connectivity index (χ4n) is 3.34. The predicted molar refractivity (Wildman–Crippen MR) is 112 cm³/mol. The highest BCUT2D eigenvalue weighted by Gasteiger charge is 2.13. The van der Waals surface area contributed by atoms with Crippen LogP contribution in [0.3, 0.4) is 0 Å². The van der Waals surface area contributed by atoms with Crippen LogP contribution in [0.1, 0.15) is 5.56 Å². The third-order valence-electron chi connectivity index (χ3n) is 4.78. The summed E-state index contributed by atoms with van der Waals surface area (Å²) in [6.45, 7) is 2.07. The number of para-hydroxylation sites is 1. The van der Waals surface area contributed by atoms with Gasteiger partial charge in [-0.3, -0.25) is 4.98 Å². The minimum Gasteiger partial charge on any atom is -0.435 e. The molecule has 0 saturated heterocycles. The summed E-state index contributed by atoms with van der Waals surface area (Å²) in [7, 11) is 0. The van der Waals surface area contributed by atoms with Crippen molar-refractivity contribution < 1.29 is 4.74 Å². The molecule has 0 spiro atoms. The zero-order chi connectivity index (χ0) is 18.9. The quantitative estimate of drug-likeness (QED) is 0.398. The van der Waals surface area contributed by atoms with Crippen molar-refractivity contribution in [2.24, 2.45) is 0 Å². The van der Waals surface area contributed by atoms with E-state index in [0.29, 0.717) is 11.6 Å². The number of pyridine rings is 1. The SMILES string of the molecule is Cc1ccc(-c2nnc(Oc3cccc4cccnc34)c3ccccc23)cc1. The molecule has 0 fully saturated rings. The molecule has 5 rings (SSSR count). The first kappa shape index (κ1) is 16.4. The van der Waals surface area contributed by atoms with E-state index in [1.54, 1.807) is 6.20 Å². The van der Waals surface area contributed by atoms with Crippen LogP contribution in [0.2, 0.25) is 0 Å². The van der Waals surface area contributed by atoms with Gasteiger partial charge in [0.2, 0.25) is 5.88 Å². The number of aromatic nitrogens is 3. The van der Waals surface area contributed by atoms with E-state index in [1.807, 2.05) is 54.6 Å². The molecule has 0 aliphatic carbocycles. The van der Waals surface area contributed by atoms with Gasteiger partial charge in [-0.15, -0.1) is 10.2 Å². The lowest BCUT2D eigenvalue weighted by atomic mass is 10.0. The van der Waals surface area contributed by atoms with Crippen LogP contribution in [0.25, 0.3) is 32.9 Å². The second kappa shape index (κ2) is 6.74. The Kier molecular flexibility index (Phi) is 3.95. The highest BCUT2D eigenvalue weighted by Crippen LogP contribution is 2.34. The van der Waals surface area contributed by atoms with Crippen molar-refractivity contribution in [1.29, 1.82) is 0 Å². The summed E-state index contributed by atoms with van der Waals surface area (Å²) in [5, 5.41) is 11.8. The molecule has 0 amide bonds. The van der Waals surface area contributed by atoms with Crippen LogP contribution >= 0.6 is 0 Å². The number of hydrogen-bond donors (Lipinski definition) is 0. The minimum atomic E-state index is 0.476. The standard InChI is InChI=1S/C24H17N3O/c1-16-11-13-18(14-12-16)22-19-8-2-3-9-20(19)24(27-26-22)28-21-10-4-6-17-7-5-15-25-23(17)21/h2-15H,1H3. The normalized spacial score (nSPS) is 11.0. The van der Waals surface area contributed by atoms with Crippen molar-refractivity contribution in [2.75, 3.05) is 0 Å². The topological polar surface area (TPSA) is 47.9 Å². The molecule has 0 aliphatic rings. The Morgan fingerprint density at radius 1 is 0.714 bits per heavy atom. The zero-order valence-corrected chi connectivity index (χ0v) is 15.3. The first-order valence-electron chi connectivity index (χ1n) is 9.14. The van der Waals surface area contributed by atoms with Crippen LogP contribution in [0.15, 0.2) is 85.1 Å². The van der Waals surface area contributed by atoms with Crippen molar-refractivity contribution >= 4 is 21.7 Å². The molecule has 2 aromatic heterocycles. The molecular formula is C24H17N3O. The maximum Gasteiger partial charge on any atom is 0.246 e. The van der Waals surface area contributed by atoms with Gasteiger partial charge in [0.15, 0.2) is 5.75 Å². The number of aryl methyl sites for hydroxylation is 1. The van der Waals surface area contributed by atoms with Crippen LogP contribution in [-0.2, 0) is 0 Å². The van der Waals surface area contributed by atoms with Crippen LogP contribution in [-0.4, -0.2) is 15.2 Å². The van der Waals surface area contributed by atoms with E-state index in [9.17, 15) is 0 Å². The number of rotatable bonds is 3. The van der Waals surface area contributed by atoms with E-state index in [0.717, 1.165) is 32.9 Å². The van der Waals surface area contributed by atoms with E-state index in [-0.39, 0.29) is 0 Å². The number of ether oxygens (including phenoxy) is 1. The van der Waals surface area contributed by atoms with Crippen LogP contribution < -0.4 is 4.74 Å². The second-order valence-corrected chi connectivity index (χ2v) is 6.70. The van der Waals surface area contributed by atoms with Gasteiger partial charge in [-0.2, -0.15) is 0 Å². The van der Waals surface area contributed by atoms with Crippen LogP contribution in [0, 0.1) is 6.92 Å². The first-order valence-corrected chi connectivity index (χ1v) is 9.14. The zero-order valence-electron chi connectivity index (χ0n) is 15.3. The van der Waals surface area contributed by atoms with Gasteiger partial charge >= 0.3 is 0 Å². The summed E-state index contributed by atoms with van der Waals surface area (Å²) in [4.78, 5) is 4.46. The highest BCUT2D eigenvalue weighted by molar-refractivity contribution is 5.97. The van der Waals surface area contributed by atoms with Gasteiger partial charge in [-0.25, -0.2) is 0 Å². The van der Waals surface area contributed by atoms with Crippen LogP contribution in [0.5, 0.6) is 11.6 Å². The number of fused-ring (bicyclic) bond motifs is 2. The van der Waals surface area contributed by atoms with Gasteiger partial charge in [-0.05, 0) is 25.1 Å². The largest absolute Gasteiger partial charge is 0.435 e. The Bertz CT molecular complexity index is 1290. The van der Waals surface area contributed by atoms with Crippen molar-refractivity contribution in [2.45, 2.75) is 6.92 Å². The molecule has 2 heterocycles. The molecule has 0 radical (unpaired) electrons. The Labute approximate surface area is 162 Å². The first-order chi connectivity index (χ1) is 13.8. The number of hydrogen-bond acceptors (Lipinski definition) is 4. The maximum absolute atomic E-state index is 6.18. The summed E-state index contributed by atoms with van der Waals surface area (Å²) >= 11 is 0. The van der Waals surface area contributed by atoms with Gasteiger partial charge in [0.25, 0.3) is 0 Å². The van der Waals surface area contributed by atoms with Crippen molar-refractivity contribution in [3.05, 3.63) is 90.6 Å². The summed E-state index contributed by atoms with van der Waals surface area (Å²) < 4.78 is 6.18. The molecule has 5 aromatic rings. The van der Waals surface area contributed by atoms with E-state index in [1.165, 1.54) is 5.56 Å². The monoisotopic (exact) mass is 363 g/mol. The average molecular weight is 363 g/mol. The lowest BCUT2D eigenvalue weighted by molar-refractivity contribution is 0.466. The molecule has 134 valence electrons. The smallest absolute Gasteiger partial charge is 0.246 e. The lowest BCUT2D eigenvalue weighted by Gasteiger charge is -2.11. The van der Waals surface area contributed by atoms with Crippen molar-refractivity contribution in [1.82, 2.24) is 15.2 Å². The third-order valence-corrected chi connectivity index (χ3v) is 4.78.